The van der Waals surface area contributed by atoms with E-state index < -0.39 is 34.3 Å². The normalized spacial score (nSPS) is 11.9. The van der Waals surface area contributed by atoms with Crippen molar-refractivity contribution in [3.63, 3.8) is 0 Å². The van der Waals surface area contributed by atoms with E-state index in [2.05, 4.69) is 84.0 Å². The molecular weight excluding hydrogens is 865 g/mol. The van der Waals surface area contributed by atoms with Gasteiger partial charge in [-0.1, -0.05) is 100 Å². The summed E-state index contributed by atoms with van der Waals surface area (Å²) in [6, 6.07) is 25.1. The third kappa shape index (κ3) is 8.14. The number of amidine groups is 1. The molecule has 4 nitrogen and oxygen atoms in total. The fraction of sp³-hybridized carbons (Fsp3) is 0.190. The van der Waals surface area contributed by atoms with Gasteiger partial charge in [0.15, 0.2) is 23.3 Å². The number of hydrogen-bond acceptors (Lipinski definition) is 3. The molecule has 272 valence electrons. The number of anilines is 2. The molecule has 0 bridgehead atoms. The minimum absolute atomic E-state index is 0. The Balaban J connectivity index is 0.00000605. The van der Waals surface area contributed by atoms with Crippen LogP contribution in [0.1, 0.15) is 52.7 Å². The number of nitrogens with zero attached hydrogens (tertiary/aromatic N) is 3. The smallest absolute Gasteiger partial charge is 0.197 e. The quantitative estimate of drug-likeness (QED) is 0.0337. The standard InChI is InChI=1S/C42H39F4N3OP.Pt/c1-9-34(47-10-2)49(39-36(44)35(43)37(45)40(51)38(39)46)29-15-13-14-24(20-29)31-21-26(22-32(48-31)30-16-11-12-17-33(30)50)25-18-27(41(3,4)5)23-28(19-25)42(6,7)8;/h9-19,21-23,50H,1-2,51H2,3-8H3;/q-1;. The van der Waals surface area contributed by atoms with Crippen LogP contribution in [-0.2, 0) is 31.9 Å². The van der Waals surface area contributed by atoms with Crippen molar-refractivity contribution in [2.24, 2.45) is 4.99 Å². The second-order valence-electron chi connectivity index (χ2n) is 14.1. The fourth-order valence-electron chi connectivity index (χ4n) is 5.55. The van der Waals surface area contributed by atoms with E-state index in [9.17, 15) is 13.9 Å². The summed E-state index contributed by atoms with van der Waals surface area (Å²) < 4.78 is 60.3. The van der Waals surface area contributed by atoms with Gasteiger partial charge in [0.1, 0.15) is 17.3 Å². The molecule has 1 heterocycles. The maximum Gasteiger partial charge on any atom is 0.197 e. The molecule has 0 spiro atoms. The van der Waals surface area contributed by atoms with E-state index in [1.807, 2.05) is 12.1 Å². The molecule has 1 atom stereocenters. The molecule has 52 heavy (non-hydrogen) atoms. The van der Waals surface area contributed by atoms with E-state index in [1.165, 1.54) is 12.1 Å². The first-order valence-corrected chi connectivity index (χ1v) is 16.8. The van der Waals surface area contributed by atoms with Crippen LogP contribution >= 0.6 is 9.24 Å². The zero-order chi connectivity index (χ0) is 37.4. The van der Waals surface area contributed by atoms with Gasteiger partial charge in [-0.25, -0.2) is 22.6 Å². The summed E-state index contributed by atoms with van der Waals surface area (Å²) in [6.45, 7) is 20.2. The van der Waals surface area contributed by atoms with Gasteiger partial charge in [0.2, 0.25) is 0 Å². The molecule has 1 unspecified atom stereocenters. The van der Waals surface area contributed by atoms with E-state index in [4.69, 9.17) is 4.98 Å². The Morgan fingerprint density at radius 3 is 1.96 bits per heavy atom. The topological polar surface area (TPSA) is 48.7 Å². The van der Waals surface area contributed by atoms with Crippen molar-refractivity contribution in [2.75, 3.05) is 4.90 Å². The first kappa shape index (κ1) is 40.4. The molecule has 0 radical (unpaired) electrons. The number of aromatic nitrogens is 1. The molecule has 5 aromatic rings. The Bertz CT molecular complexity index is 2140. The summed E-state index contributed by atoms with van der Waals surface area (Å²) in [5, 5.41) is 10.1. The molecule has 0 aliphatic rings. The number of phenolic OH excluding ortho intramolecular Hbond substituents is 1. The molecule has 4 aromatic carbocycles. The summed E-state index contributed by atoms with van der Waals surface area (Å²) in [5.74, 6) is -6.73. The Morgan fingerprint density at radius 2 is 1.38 bits per heavy atom. The van der Waals surface area contributed by atoms with E-state index in [-0.39, 0.29) is 49.2 Å². The number of benzene rings is 4. The van der Waals surface area contributed by atoms with Crippen molar-refractivity contribution in [2.45, 2.75) is 52.4 Å². The predicted molar refractivity (Wildman–Crippen MR) is 204 cm³/mol. The van der Waals surface area contributed by atoms with Gasteiger partial charge in [-0.05, 0) is 68.7 Å². The van der Waals surface area contributed by atoms with Gasteiger partial charge >= 0.3 is 0 Å². The predicted octanol–water partition coefficient (Wildman–Crippen LogP) is 11.1. The fourth-order valence-corrected chi connectivity index (χ4v) is 5.81. The summed E-state index contributed by atoms with van der Waals surface area (Å²) in [6.07, 6.45) is 2.33. The molecule has 0 fully saturated rings. The minimum Gasteiger partial charge on any atom is -0.507 e. The summed E-state index contributed by atoms with van der Waals surface area (Å²) >= 11 is 0. The van der Waals surface area contributed by atoms with Crippen LogP contribution in [0.5, 0.6) is 5.75 Å². The molecular formula is C42H39F4N3OPPt-. The minimum atomic E-state index is -1.85. The van der Waals surface area contributed by atoms with Crippen LogP contribution in [0.25, 0.3) is 33.6 Å². The number of aromatic hydroxyl groups is 1. The van der Waals surface area contributed by atoms with Crippen LogP contribution < -0.4 is 10.2 Å². The van der Waals surface area contributed by atoms with Crippen LogP contribution in [0.4, 0.5) is 28.9 Å². The number of phenols is 1. The van der Waals surface area contributed by atoms with Crippen LogP contribution in [0.2, 0.25) is 0 Å². The Labute approximate surface area is 319 Å². The number of para-hydroxylation sites is 1. The average Bonchev–Trinajstić information content (AvgIpc) is 3.10. The number of halogens is 4. The van der Waals surface area contributed by atoms with Gasteiger partial charge in [-0.2, -0.15) is 0 Å². The zero-order valence-corrected chi connectivity index (χ0v) is 33.1. The first-order valence-electron chi connectivity index (χ1n) is 16.2. The Morgan fingerprint density at radius 1 is 0.788 bits per heavy atom. The summed E-state index contributed by atoms with van der Waals surface area (Å²) in [5.41, 5.74) is 4.59. The molecule has 0 saturated heterocycles. The van der Waals surface area contributed by atoms with Crippen molar-refractivity contribution >= 4 is 31.8 Å². The van der Waals surface area contributed by atoms with Gasteiger partial charge in [-0.15, -0.1) is 29.8 Å². The summed E-state index contributed by atoms with van der Waals surface area (Å²) in [7, 11) is 1.77. The van der Waals surface area contributed by atoms with Gasteiger partial charge in [0.05, 0.1) is 5.69 Å². The van der Waals surface area contributed by atoms with E-state index in [0.29, 0.717) is 22.5 Å². The average molecular weight is 904 g/mol. The Kier molecular flexibility index (Phi) is 12.2. The maximum atomic E-state index is 15.7. The van der Waals surface area contributed by atoms with Gasteiger partial charge in [-0.3, -0.25) is 4.98 Å². The molecule has 10 heteroatoms. The van der Waals surface area contributed by atoms with Gasteiger partial charge in [0, 0.05) is 38.1 Å². The van der Waals surface area contributed by atoms with Crippen LogP contribution in [0, 0.1) is 29.3 Å². The van der Waals surface area contributed by atoms with Crippen LogP contribution in [-0.4, -0.2) is 15.9 Å². The second kappa shape index (κ2) is 15.7. The Hall–Kier alpha value is -4.38. The van der Waals surface area contributed by atoms with Crippen molar-refractivity contribution < 1.29 is 43.7 Å². The van der Waals surface area contributed by atoms with Crippen LogP contribution in [0.3, 0.4) is 0 Å². The largest absolute Gasteiger partial charge is 0.507 e. The van der Waals surface area contributed by atoms with Gasteiger partial charge in [0.25, 0.3) is 0 Å². The molecule has 1 aromatic heterocycles. The third-order valence-electron chi connectivity index (χ3n) is 8.43. The summed E-state index contributed by atoms with van der Waals surface area (Å²) in [4.78, 5) is 9.97. The maximum absolute atomic E-state index is 15.7. The number of pyridine rings is 1. The van der Waals surface area contributed by atoms with E-state index in [0.717, 1.165) is 33.4 Å². The zero-order valence-electron chi connectivity index (χ0n) is 29.7. The van der Waals surface area contributed by atoms with Crippen LogP contribution in [0.15, 0.2) is 103 Å². The molecule has 0 saturated carbocycles. The van der Waals surface area contributed by atoms with Gasteiger partial charge < -0.3 is 10.0 Å². The molecule has 0 aliphatic heterocycles. The molecule has 1 N–H and O–H groups in total. The van der Waals surface area contributed by atoms with Crippen molar-refractivity contribution in [1.82, 2.24) is 4.98 Å². The number of hydrogen-bond donors (Lipinski definition) is 1. The van der Waals surface area contributed by atoms with E-state index in [1.54, 1.807) is 45.6 Å². The molecule has 5 rings (SSSR count). The first-order chi connectivity index (χ1) is 24.0. The van der Waals surface area contributed by atoms with E-state index >= 15 is 8.78 Å². The molecule has 0 aliphatic carbocycles. The third-order valence-corrected chi connectivity index (χ3v) is 8.94. The van der Waals surface area contributed by atoms with Crippen molar-refractivity contribution in [1.29, 1.82) is 0 Å². The second-order valence-corrected chi connectivity index (χ2v) is 14.7. The SMILES string of the molecule is C=CN=C(C=C)N(c1[c-]c(-c2cc(-c3cc(C(C)(C)C)cc(C(C)(C)C)c3)cc(-c3ccccc3O)n2)ccc1)c1c(F)c(F)c(F)c(P)c1F.[Pt]. The number of rotatable bonds is 7. The monoisotopic (exact) mass is 903 g/mol. The number of aliphatic imine (C=N–C) groups is 1. The molecule has 0 amide bonds. The van der Waals surface area contributed by atoms with Crippen molar-refractivity contribution in [3.05, 3.63) is 139 Å². The van der Waals surface area contributed by atoms with Crippen molar-refractivity contribution in [3.8, 4) is 39.4 Å².